The van der Waals surface area contributed by atoms with E-state index in [0.29, 0.717) is 0 Å². The van der Waals surface area contributed by atoms with E-state index in [1.807, 2.05) is 0 Å². The second kappa shape index (κ2) is 12.2. The zero-order valence-electron chi connectivity index (χ0n) is 18.7. The molecule has 1 saturated heterocycles. The van der Waals surface area contributed by atoms with Gasteiger partial charge in [-0.2, -0.15) is 0 Å². The van der Waals surface area contributed by atoms with Crippen molar-refractivity contribution in [2.45, 2.75) is 98.8 Å². The van der Waals surface area contributed by atoms with E-state index in [4.69, 9.17) is 0 Å². The van der Waals surface area contributed by atoms with Crippen LogP contribution in [0.4, 0.5) is 0 Å². The third-order valence-electron chi connectivity index (χ3n) is 7.54. The molecule has 10 radical (unpaired) electrons. The maximum Gasteiger partial charge on any atom is 2.00 e. The van der Waals surface area contributed by atoms with Crippen LogP contribution in [0.2, 0.25) is 0 Å². The summed E-state index contributed by atoms with van der Waals surface area (Å²) in [5.74, 6) is 9.20. The van der Waals surface area contributed by atoms with Gasteiger partial charge in [-0.3, -0.25) is 0 Å². The van der Waals surface area contributed by atoms with E-state index < -0.39 is 0 Å². The SMILES string of the molecule is C[C]1[C](C)[C](C)[C](C)[C]1C.[CH]1[CH][C](C2CCCCC2)[P][C]1C1CCCCC1.[Ru+2]. The van der Waals surface area contributed by atoms with Crippen LogP contribution in [0.1, 0.15) is 98.8 Å². The Morgan fingerprint density at radius 3 is 1.11 bits per heavy atom. The van der Waals surface area contributed by atoms with E-state index in [0.717, 1.165) is 11.8 Å². The van der Waals surface area contributed by atoms with Crippen molar-refractivity contribution >= 4 is 8.58 Å². The standard InChI is InChI=1S/C16H24P.C10H15.Ru/c1-3-7-13(8-4-1)15-11-12-16(17-15)14-9-5-2-6-10-14;1-6-7(2)9(4)10(5)8(6)3;/h11-14H,1-10H2;1-5H3;/q;;+2. The summed E-state index contributed by atoms with van der Waals surface area (Å²) in [5.41, 5.74) is 3.51. The molecule has 0 atom stereocenters. The first kappa shape index (κ1) is 25.3. The van der Waals surface area contributed by atoms with Gasteiger partial charge in [0.1, 0.15) is 0 Å². The fourth-order valence-electron chi connectivity index (χ4n) is 5.05. The van der Waals surface area contributed by atoms with Gasteiger partial charge in [-0.05, 0) is 80.0 Å². The number of hydrogen-bond acceptors (Lipinski definition) is 0. The first-order chi connectivity index (χ1) is 13.0. The monoisotopic (exact) mass is 484 g/mol. The van der Waals surface area contributed by atoms with Crippen molar-refractivity contribution in [2.24, 2.45) is 11.8 Å². The summed E-state index contributed by atoms with van der Waals surface area (Å²) in [7, 11) is 1.61. The largest absolute Gasteiger partial charge is 2.00 e. The van der Waals surface area contributed by atoms with Crippen molar-refractivity contribution < 1.29 is 19.5 Å². The van der Waals surface area contributed by atoms with Gasteiger partial charge in [-0.15, -0.1) is 0 Å². The fraction of sp³-hybridized carbons (Fsp3) is 0.654. The summed E-state index contributed by atoms with van der Waals surface area (Å²) in [6.07, 6.45) is 19.6. The van der Waals surface area contributed by atoms with Crippen molar-refractivity contribution in [3.63, 3.8) is 0 Å². The minimum atomic E-state index is 0. The molecule has 0 nitrogen and oxygen atoms in total. The summed E-state index contributed by atoms with van der Waals surface area (Å²) in [4.78, 5) is 0. The quantitative estimate of drug-likeness (QED) is 0.273. The molecule has 0 unspecified atom stereocenters. The van der Waals surface area contributed by atoms with Crippen LogP contribution in [-0.2, 0) is 19.5 Å². The Labute approximate surface area is 192 Å². The van der Waals surface area contributed by atoms with E-state index in [2.05, 4.69) is 47.5 Å². The molecule has 28 heavy (non-hydrogen) atoms. The summed E-state index contributed by atoms with van der Waals surface area (Å²) in [6, 6.07) is 0. The molecule has 3 saturated carbocycles. The zero-order chi connectivity index (χ0) is 19.4. The van der Waals surface area contributed by atoms with E-state index in [-0.39, 0.29) is 19.5 Å². The van der Waals surface area contributed by atoms with E-state index in [9.17, 15) is 0 Å². The van der Waals surface area contributed by atoms with Crippen LogP contribution in [0.5, 0.6) is 0 Å². The molecule has 0 spiro atoms. The van der Waals surface area contributed by atoms with Crippen LogP contribution in [0, 0.1) is 65.6 Å². The van der Waals surface area contributed by atoms with Gasteiger partial charge >= 0.3 is 19.5 Å². The summed E-state index contributed by atoms with van der Waals surface area (Å²) >= 11 is 0. The van der Waals surface area contributed by atoms with Crippen molar-refractivity contribution in [2.75, 3.05) is 0 Å². The maximum absolute atomic E-state index is 2.47. The molecule has 2 heteroatoms. The van der Waals surface area contributed by atoms with E-state index in [1.54, 1.807) is 19.9 Å². The third kappa shape index (κ3) is 6.28. The van der Waals surface area contributed by atoms with Crippen LogP contribution in [0.15, 0.2) is 0 Å². The van der Waals surface area contributed by atoms with Crippen LogP contribution in [0.25, 0.3) is 0 Å². The third-order valence-corrected chi connectivity index (χ3v) is 9.09. The van der Waals surface area contributed by atoms with Crippen molar-refractivity contribution in [1.29, 1.82) is 0 Å². The summed E-state index contributed by atoms with van der Waals surface area (Å²) < 4.78 is 0. The Bertz CT molecular complexity index is 357. The van der Waals surface area contributed by atoms with Gasteiger partial charge in [0.15, 0.2) is 0 Å². The Morgan fingerprint density at radius 2 is 0.821 bits per heavy atom. The topological polar surface area (TPSA) is 0 Å². The first-order valence-electron chi connectivity index (χ1n) is 11.3. The van der Waals surface area contributed by atoms with E-state index in [1.165, 1.54) is 93.8 Å². The molecule has 0 aromatic rings. The maximum atomic E-state index is 2.47. The Balaban J connectivity index is 0.000000221. The predicted molar refractivity (Wildman–Crippen MR) is 120 cm³/mol. The molecule has 4 fully saturated rings. The van der Waals surface area contributed by atoms with Crippen LogP contribution >= 0.6 is 8.58 Å². The molecule has 1 aliphatic heterocycles. The molecule has 0 bridgehead atoms. The average Bonchev–Trinajstić information content (AvgIpc) is 3.28. The number of hydrogen-bond donors (Lipinski definition) is 0. The van der Waals surface area contributed by atoms with E-state index >= 15 is 0 Å². The molecule has 4 rings (SSSR count). The molecule has 4 aliphatic rings. The molecule has 0 aromatic carbocycles. The molecular weight excluding hydrogens is 444 g/mol. The molecule has 0 N–H and O–H groups in total. The Morgan fingerprint density at radius 1 is 0.536 bits per heavy atom. The van der Waals surface area contributed by atoms with Gasteiger partial charge in [0.2, 0.25) is 0 Å². The Kier molecular flexibility index (Phi) is 11.0. The Hall–Kier alpha value is 1.05. The van der Waals surface area contributed by atoms with Gasteiger partial charge in [0.05, 0.1) is 0 Å². The van der Waals surface area contributed by atoms with Gasteiger partial charge in [-0.25, -0.2) is 0 Å². The normalized spacial score (nSPS) is 29.0. The molecule has 3 aliphatic carbocycles. The van der Waals surface area contributed by atoms with Gasteiger partial charge < -0.3 is 0 Å². The van der Waals surface area contributed by atoms with Crippen molar-refractivity contribution in [3.8, 4) is 0 Å². The average molecular weight is 484 g/mol. The van der Waals surface area contributed by atoms with Crippen molar-refractivity contribution in [3.05, 3.63) is 53.7 Å². The summed E-state index contributed by atoms with van der Waals surface area (Å²) in [6.45, 7) is 11.0. The zero-order valence-corrected chi connectivity index (χ0v) is 21.3. The second-order valence-electron chi connectivity index (χ2n) is 9.09. The van der Waals surface area contributed by atoms with Crippen molar-refractivity contribution in [1.82, 2.24) is 0 Å². The fourth-order valence-corrected chi connectivity index (χ4v) is 6.53. The molecular formula is C26H39PRu+2. The molecule has 1 heterocycles. The first-order valence-corrected chi connectivity index (χ1v) is 12.2. The molecule has 154 valence electrons. The minimum absolute atomic E-state index is 0. The molecule has 0 aromatic heterocycles. The smallest absolute Gasteiger partial charge is 0.0640 e. The second-order valence-corrected chi connectivity index (χ2v) is 10.3. The predicted octanol–water partition coefficient (Wildman–Crippen LogP) is 8.55. The van der Waals surface area contributed by atoms with Gasteiger partial charge in [0.25, 0.3) is 0 Å². The number of rotatable bonds is 2. The van der Waals surface area contributed by atoms with Crippen LogP contribution in [0.3, 0.4) is 0 Å². The summed E-state index contributed by atoms with van der Waals surface area (Å²) in [5, 5.41) is 0. The van der Waals surface area contributed by atoms with Crippen LogP contribution < -0.4 is 0 Å². The minimum Gasteiger partial charge on any atom is -0.0640 e. The van der Waals surface area contributed by atoms with Gasteiger partial charge in [0, 0.05) is 11.3 Å². The molecule has 0 amide bonds. The van der Waals surface area contributed by atoms with Gasteiger partial charge in [-0.1, -0.05) is 81.7 Å². The van der Waals surface area contributed by atoms with Crippen LogP contribution in [-0.4, -0.2) is 0 Å².